The van der Waals surface area contributed by atoms with Crippen molar-refractivity contribution in [1.82, 2.24) is 14.5 Å². The number of nitrogens with two attached hydrogens (primary N) is 1. The number of carbonyl (C=O) groups excluding carboxylic acids is 1. The fraction of sp³-hybridized carbons (Fsp3) is 0.208. The maximum Gasteiger partial charge on any atom is 0.259 e. The fourth-order valence-corrected chi connectivity index (χ4v) is 5.43. The Kier molecular flexibility index (Phi) is 6.88. The van der Waals surface area contributed by atoms with E-state index in [-0.39, 0.29) is 34.9 Å². The Morgan fingerprint density at radius 2 is 1.86 bits per heavy atom. The Balaban J connectivity index is 1.76. The number of hydrogen-bond donors (Lipinski definition) is 2. The molecule has 9 nitrogen and oxygen atoms in total. The van der Waals surface area contributed by atoms with Gasteiger partial charge in [0, 0.05) is 13.2 Å². The molecule has 0 spiro atoms. The third-order valence-corrected chi connectivity index (χ3v) is 7.49. The van der Waals surface area contributed by atoms with Crippen molar-refractivity contribution in [2.24, 2.45) is 7.05 Å². The fourth-order valence-electron chi connectivity index (χ4n) is 3.90. The average Bonchev–Trinajstić information content (AvgIpc) is 3.19. The van der Waals surface area contributed by atoms with Crippen LogP contribution in [-0.4, -0.2) is 34.6 Å². The number of aryl methyl sites for hydroxylation is 1. The molecule has 0 aliphatic carbocycles. The number of hydrogen-bond acceptors (Lipinski definition) is 6. The second kappa shape index (κ2) is 9.90. The van der Waals surface area contributed by atoms with Crippen LogP contribution in [0, 0.1) is 11.6 Å². The molecule has 0 radical (unpaired) electrons. The van der Waals surface area contributed by atoms with Crippen LogP contribution in [-0.2, 0) is 23.6 Å². The lowest BCUT2D eigenvalue weighted by molar-refractivity contribution is 0.102. The molecule has 12 heteroatoms. The van der Waals surface area contributed by atoms with Gasteiger partial charge in [-0.05, 0) is 24.1 Å². The molecule has 4 aromatic rings. The molecule has 3 N–H and O–H groups in total. The topological polar surface area (TPSA) is 123 Å². The molecule has 2 aromatic carbocycles. The van der Waals surface area contributed by atoms with Crippen molar-refractivity contribution in [2.75, 3.05) is 21.1 Å². The molecule has 4 rings (SSSR count). The van der Waals surface area contributed by atoms with Gasteiger partial charge in [0.2, 0.25) is 10.0 Å². The highest BCUT2D eigenvalue weighted by atomic mass is 32.2. The molecule has 188 valence electrons. The number of halogens is 2. The molecular weight excluding hydrogens is 490 g/mol. The number of nitrogens with zero attached hydrogens (tertiary/aromatic N) is 4. The van der Waals surface area contributed by atoms with E-state index in [1.165, 1.54) is 17.1 Å². The minimum Gasteiger partial charge on any atom is -0.382 e. The van der Waals surface area contributed by atoms with Crippen molar-refractivity contribution < 1.29 is 22.0 Å². The van der Waals surface area contributed by atoms with E-state index in [1.807, 2.05) is 0 Å². The minimum atomic E-state index is -3.96. The van der Waals surface area contributed by atoms with Gasteiger partial charge in [0.1, 0.15) is 28.9 Å². The molecule has 2 aromatic heterocycles. The summed E-state index contributed by atoms with van der Waals surface area (Å²) in [5, 5.41) is 2.24. The summed E-state index contributed by atoms with van der Waals surface area (Å²) in [5.41, 5.74) is 5.93. The van der Waals surface area contributed by atoms with Gasteiger partial charge in [0.05, 0.1) is 23.5 Å². The van der Waals surface area contributed by atoms with E-state index in [9.17, 15) is 17.6 Å². The number of benzene rings is 2. The number of amides is 1. The Morgan fingerprint density at radius 1 is 1.14 bits per heavy atom. The summed E-state index contributed by atoms with van der Waals surface area (Å²) in [4.78, 5) is 21.0. The highest BCUT2D eigenvalue weighted by Crippen LogP contribution is 2.33. The second-order valence-electron chi connectivity index (χ2n) is 8.13. The van der Waals surface area contributed by atoms with Crippen LogP contribution in [0.1, 0.15) is 29.3 Å². The number of fused-ring (bicyclic) bond motifs is 1. The van der Waals surface area contributed by atoms with Gasteiger partial charge in [0.25, 0.3) is 5.91 Å². The van der Waals surface area contributed by atoms with Gasteiger partial charge in [-0.3, -0.25) is 9.10 Å². The number of rotatable bonds is 8. The maximum absolute atomic E-state index is 15.7. The summed E-state index contributed by atoms with van der Waals surface area (Å²) in [6.07, 6.45) is 2.89. The van der Waals surface area contributed by atoms with Crippen molar-refractivity contribution >= 4 is 44.2 Å². The molecule has 0 saturated heterocycles. The van der Waals surface area contributed by atoms with Crippen LogP contribution in [0.2, 0.25) is 0 Å². The number of sulfonamides is 1. The van der Waals surface area contributed by atoms with E-state index in [1.54, 1.807) is 44.3 Å². The molecule has 0 bridgehead atoms. The van der Waals surface area contributed by atoms with Crippen molar-refractivity contribution in [3.63, 3.8) is 0 Å². The Bertz CT molecular complexity index is 1540. The van der Waals surface area contributed by atoms with Crippen molar-refractivity contribution in [1.29, 1.82) is 0 Å². The van der Waals surface area contributed by atoms with Crippen LogP contribution in [0.5, 0.6) is 0 Å². The van der Waals surface area contributed by atoms with Gasteiger partial charge in [0.15, 0.2) is 11.6 Å². The lowest BCUT2D eigenvalue weighted by Crippen LogP contribution is -2.33. The third-order valence-electron chi connectivity index (χ3n) is 5.57. The van der Waals surface area contributed by atoms with Gasteiger partial charge in [-0.15, -0.1) is 0 Å². The zero-order chi connectivity index (χ0) is 26.0. The van der Waals surface area contributed by atoms with Crippen molar-refractivity contribution in [2.45, 2.75) is 19.9 Å². The van der Waals surface area contributed by atoms with Gasteiger partial charge < -0.3 is 15.6 Å². The monoisotopic (exact) mass is 514 g/mol. The zero-order valence-corrected chi connectivity index (χ0v) is 20.4. The smallest absolute Gasteiger partial charge is 0.259 e. The Labute approximate surface area is 206 Å². The van der Waals surface area contributed by atoms with Crippen LogP contribution < -0.4 is 15.4 Å². The van der Waals surface area contributed by atoms with Crippen LogP contribution in [0.15, 0.2) is 55.0 Å². The normalized spacial score (nSPS) is 11.6. The summed E-state index contributed by atoms with van der Waals surface area (Å²) in [7, 11) is -2.34. The summed E-state index contributed by atoms with van der Waals surface area (Å²) in [6, 6.07) is 10.6. The van der Waals surface area contributed by atoms with Crippen LogP contribution in [0.3, 0.4) is 0 Å². The molecule has 0 saturated carbocycles. The predicted octanol–water partition coefficient (Wildman–Crippen LogP) is 3.83. The van der Waals surface area contributed by atoms with Crippen LogP contribution >= 0.6 is 0 Å². The molecule has 2 heterocycles. The van der Waals surface area contributed by atoms with Gasteiger partial charge in [-0.25, -0.2) is 27.2 Å². The second-order valence-corrected chi connectivity index (χ2v) is 10.1. The Morgan fingerprint density at radius 3 is 2.56 bits per heavy atom. The molecule has 0 unspecified atom stereocenters. The first-order valence-electron chi connectivity index (χ1n) is 11.0. The third kappa shape index (κ3) is 4.71. The van der Waals surface area contributed by atoms with Gasteiger partial charge in [-0.2, -0.15) is 0 Å². The van der Waals surface area contributed by atoms with Crippen LogP contribution in [0.25, 0.3) is 11.0 Å². The quantitative estimate of drug-likeness (QED) is 0.368. The maximum atomic E-state index is 15.7. The highest BCUT2D eigenvalue weighted by molar-refractivity contribution is 7.92. The SMILES string of the molecule is CCCS(=O)(=O)N(Cc1ccccc1)c1ccc(F)c(NC(=O)c2cn(C)c3c(N)ncnc23)c1F. The first-order chi connectivity index (χ1) is 17.1. The van der Waals surface area contributed by atoms with Crippen LogP contribution in [0.4, 0.5) is 26.0 Å². The van der Waals surface area contributed by atoms with E-state index in [0.717, 1.165) is 16.4 Å². The number of carbonyl (C=O) groups is 1. The minimum absolute atomic E-state index is 0.0190. The lowest BCUT2D eigenvalue weighted by Gasteiger charge is -2.26. The van der Waals surface area contributed by atoms with E-state index >= 15 is 4.39 Å². The van der Waals surface area contributed by atoms with E-state index < -0.39 is 33.3 Å². The molecule has 0 fully saturated rings. The first-order valence-corrected chi connectivity index (χ1v) is 12.6. The number of anilines is 3. The Hall–Kier alpha value is -4.06. The molecule has 36 heavy (non-hydrogen) atoms. The molecule has 0 aliphatic rings. The first kappa shape index (κ1) is 25.0. The number of nitrogen functional groups attached to an aromatic ring is 1. The summed E-state index contributed by atoms with van der Waals surface area (Å²) >= 11 is 0. The zero-order valence-electron chi connectivity index (χ0n) is 19.6. The van der Waals surface area contributed by atoms with Crippen molar-refractivity contribution in [3.8, 4) is 0 Å². The van der Waals surface area contributed by atoms with E-state index in [4.69, 9.17) is 5.73 Å². The van der Waals surface area contributed by atoms with E-state index in [0.29, 0.717) is 17.5 Å². The van der Waals surface area contributed by atoms with Crippen molar-refractivity contribution in [3.05, 3.63) is 77.8 Å². The molecule has 0 aliphatic heterocycles. The molecule has 0 atom stereocenters. The number of nitrogens with one attached hydrogen (secondary N) is 1. The highest BCUT2D eigenvalue weighted by Gasteiger charge is 2.28. The standard InChI is InChI=1S/C24H24F2N6O3S/c1-3-11-36(34,35)32(12-15-7-5-4-6-8-15)18-10-9-17(25)21(19(18)26)30-24(33)16-13-31(2)22-20(16)28-14-29-23(22)27/h4-10,13-14H,3,11-12H2,1-2H3,(H,30,33)(H2,27,28,29). The molecular formula is C24H24F2N6O3S. The molecule has 1 amide bonds. The predicted molar refractivity (Wildman–Crippen MR) is 134 cm³/mol. The number of aromatic nitrogens is 3. The lowest BCUT2D eigenvalue weighted by atomic mass is 10.2. The largest absolute Gasteiger partial charge is 0.382 e. The van der Waals surface area contributed by atoms with Gasteiger partial charge >= 0.3 is 0 Å². The summed E-state index contributed by atoms with van der Waals surface area (Å²) < 4.78 is 59.0. The average molecular weight is 515 g/mol. The van der Waals surface area contributed by atoms with E-state index in [2.05, 4.69) is 15.3 Å². The summed E-state index contributed by atoms with van der Waals surface area (Å²) in [5.74, 6) is -3.23. The summed E-state index contributed by atoms with van der Waals surface area (Å²) in [6.45, 7) is 1.52. The van der Waals surface area contributed by atoms with Gasteiger partial charge in [-0.1, -0.05) is 37.3 Å².